The highest BCUT2D eigenvalue weighted by Gasteiger charge is 2.26. The first-order chi connectivity index (χ1) is 8.63. The maximum absolute atomic E-state index is 11.5. The summed E-state index contributed by atoms with van der Waals surface area (Å²) in [6.07, 6.45) is 2.29. The van der Waals surface area contributed by atoms with Gasteiger partial charge in [0.2, 0.25) is 0 Å². The van der Waals surface area contributed by atoms with Crippen molar-refractivity contribution in [2.75, 3.05) is 25.0 Å². The number of primary amides is 1. The number of likely N-dealkylation sites (N-methyl/N-ethyl adjacent to an activating group) is 1. The summed E-state index contributed by atoms with van der Waals surface area (Å²) >= 11 is 3.46. The molecule has 1 unspecified atom stereocenters. The Labute approximate surface area is 116 Å². The van der Waals surface area contributed by atoms with E-state index in [0.717, 1.165) is 36.1 Å². The number of halogens is 1. The Balaban J connectivity index is 2.36. The Hall–Kier alpha value is -1.07. The minimum atomic E-state index is -0.368. The highest BCUT2D eigenvalue weighted by molar-refractivity contribution is 9.10. The van der Waals surface area contributed by atoms with E-state index in [1.54, 1.807) is 6.07 Å². The molecular formula is C13H18BrN3O. The fraction of sp³-hybridized carbons (Fsp3) is 0.462. The van der Waals surface area contributed by atoms with Crippen molar-refractivity contribution in [3.05, 3.63) is 28.2 Å². The van der Waals surface area contributed by atoms with Crippen molar-refractivity contribution < 1.29 is 4.79 Å². The zero-order chi connectivity index (χ0) is 13.1. The van der Waals surface area contributed by atoms with Crippen LogP contribution >= 0.6 is 15.9 Å². The van der Waals surface area contributed by atoms with Gasteiger partial charge in [-0.15, -0.1) is 0 Å². The first-order valence-electron chi connectivity index (χ1n) is 6.14. The summed E-state index contributed by atoms with van der Waals surface area (Å²) in [4.78, 5) is 13.8. The lowest BCUT2D eigenvalue weighted by atomic mass is 10.1. The van der Waals surface area contributed by atoms with Crippen LogP contribution in [0.15, 0.2) is 22.7 Å². The van der Waals surface area contributed by atoms with Crippen molar-refractivity contribution >= 4 is 27.5 Å². The molecule has 1 heterocycles. The molecule has 5 heteroatoms. The quantitative estimate of drug-likeness (QED) is 0.890. The van der Waals surface area contributed by atoms with Crippen molar-refractivity contribution in [2.45, 2.75) is 18.9 Å². The third-order valence-electron chi connectivity index (χ3n) is 3.35. The number of anilines is 1. The molecule has 1 fully saturated rings. The van der Waals surface area contributed by atoms with Gasteiger partial charge in [-0.3, -0.25) is 4.79 Å². The summed E-state index contributed by atoms with van der Waals surface area (Å²) in [5.41, 5.74) is 6.99. The molecule has 1 aliphatic heterocycles. The molecule has 1 aromatic rings. The summed E-state index contributed by atoms with van der Waals surface area (Å²) in [5, 5.41) is 3.20. The van der Waals surface area contributed by atoms with Crippen LogP contribution in [0, 0.1) is 0 Å². The largest absolute Gasteiger partial charge is 0.367 e. The highest BCUT2D eigenvalue weighted by atomic mass is 79.9. The number of rotatable bonds is 4. The van der Waals surface area contributed by atoms with Gasteiger partial charge in [0.1, 0.15) is 0 Å². The van der Waals surface area contributed by atoms with Gasteiger partial charge in [-0.2, -0.15) is 0 Å². The first-order valence-corrected chi connectivity index (χ1v) is 6.93. The van der Waals surface area contributed by atoms with Gasteiger partial charge in [0.25, 0.3) is 5.91 Å². The van der Waals surface area contributed by atoms with E-state index < -0.39 is 0 Å². The molecule has 0 aliphatic carbocycles. The number of nitrogens with one attached hydrogen (secondary N) is 1. The smallest absolute Gasteiger partial charge is 0.250 e. The van der Waals surface area contributed by atoms with Gasteiger partial charge in [-0.25, -0.2) is 0 Å². The van der Waals surface area contributed by atoms with Crippen LogP contribution in [0.25, 0.3) is 0 Å². The second kappa shape index (κ2) is 5.71. The zero-order valence-corrected chi connectivity index (χ0v) is 12.0. The van der Waals surface area contributed by atoms with Crippen LogP contribution in [0.1, 0.15) is 23.2 Å². The maximum Gasteiger partial charge on any atom is 0.250 e. The third-order valence-corrected chi connectivity index (χ3v) is 3.84. The van der Waals surface area contributed by atoms with Crippen molar-refractivity contribution in [1.82, 2.24) is 5.32 Å². The molecule has 0 bridgehead atoms. The van der Waals surface area contributed by atoms with Crippen LogP contribution in [-0.4, -0.2) is 32.1 Å². The van der Waals surface area contributed by atoms with E-state index >= 15 is 0 Å². The molecule has 18 heavy (non-hydrogen) atoms. The number of benzene rings is 1. The normalized spacial score (nSPS) is 19.2. The molecular weight excluding hydrogens is 294 g/mol. The summed E-state index contributed by atoms with van der Waals surface area (Å²) in [6, 6.07) is 6.06. The van der Waals surface area contributed by atoms with Gasteiger partial charge >= 0.3 is 0 Å². The highest BCUT2D eigenvalue weighted by Crippen LogP contribution is 2.30. The Morgan fingerprint density at radius 2 is 2.39 bits per heavy atom. The summed E-state index contributed by atoms with van der Waals surface area (Å²) in [6.45, 7) is 1.90. The average Bonchev–Trinajstić information content (AvgIpc) is 2.77. The van der Waals surface area contributed by atoms with Crippen LogP contribution in [0.2, 0.25) is 0 Å². The SMILES string of the molecule is CNCC1CCCN1c1cc(Br)ccc1C(N)=O. The zero-order valence-electron chi connectivity index (χ0n) is 10.4. The molecule has 0 aromatic heterocycles. The number of hydrogen-bond acceptors (Lipinski definition) is 3. The van der Waals surface area contributed by atoms with E-state index in [4.69, 9.17) is 5.73 Å². The van der Waals surface area contributed by atoms with Crippen molar-refractivity contribution in [3.8, 4) is 0 Å². The Morgan fingerprint density at radius 3 is 3.06 bits per heavy atom. The topological polar surface area (TPSA) is 58.4 Å². The van der Waals surface area contributed by atoms with Crippen LogP contribution < -0.4 is 16.0 Å². The van der Waals surface area contributed by atoms with Gasteiger partial charge in [-0.05, 0) is 38.1 Å². The lowest BCUT2D eigenvalue weighted by Crippen LogP contribution is -2.37. The minimum absolute atomic E-state index is 0.368. The predicted octanol–water partition coefficient (Wildman–Crippen LogP) is 1.74. The molecule has 1 amide bonds. The lowest BCUT2D eigenvalue weighted by molar-refractivity contribution is 0.100. The lowest BCUT2D eigenvalue weighted by Gasteiger charge is -2.28. The van der Waals surface area contributed by atoms with E-state index in [9.17, 15) is 4.79 Å². The van der Waals surface area contributed by atoms with E-state index in [-0.39, 0.29) is 5.91 Å². The van der Waals surface area contributed by atoms with Crippen LogP contribution in [0.3, 0.4) is 0 Å². The predicted molar refractivity (Wildman–Crippen MR) is 77.0 cm³/mol. The van der Waals surface area contributed by atoms with Gasteiger partial charge in [0.15, 0.2) is 0 Å². The average molecular weight is 312 g/mol. The molecule has 0 radical (unpaired) electrons. The van der Waals surface area contributed by atoms with Crippen molar-refractivity contribution in [2.24, 2.45) is 5.73 Å². The fourth-order valence-corrected chi connectivity index (χ4v) is 2.90. The fourth-order valence-electron chi connectivity index (χ4n) is 2.55. The van der Waals surface area contributed by atoms with E-state index in [1.165, 1.54) is 0 Å². The molecule has 1 aliphatic rings. The molecule has 98 valence electrons. The second-order valence-electron chi connectivity index (χ2n) is 4.57. The van der Waals surface area contributed by atoms with Gasteiger partial charge < -0.3 is 16.0 Å². The molecule has 1 aromatic carbocycles. The van der Waals surface area contributed by atoms with Gasteiger partial charge in [0.05, 0.1) is 11.3 Å². The Kier molecular flexibility index (Phi) is 4.24. The van der Waals surface area contributed by atoms with E-state index in [0.29, 0.717) is 11.6 Å². The van der Waals surface area contributed by atoms with Crippen molar-refractivity contribution in [1.29, 1.82) is 0 Å². The van der Waals surface area contributed by atoms with Gasteiger partial charge in [-0.1, -0.05) is 15.9 Å². The standard InChI is InChI=1S/C13H18BrN3O/c1-16-8-10-3-2-6-17(10)12-7-9(14)4-5-11(12)13(15)18/h4-5,7,10,16H,2-3,6,8H2,1H3,(H2,15,18). The van der Waals surface area contributed by atoms with Crippen LogP contribution in [0.4, 0.5) is 5.69 Å². The molecule has 3 N–H and O–H groups in total. The number of hydrogen-bond donors (Lipinski definition) is 2. The first kappa shape index (κ1) is 13.4. The Morgan fingerprint density at radius 1 is 1.61 bits per heavy atom. The van der Waals surface area contributed by atoms with Crippen LogP contribution in [0.5, 0.6) is 0 Å². The molecule has 2 rings (SSSR count). The summed E-state index contributed by atoms with van der Waals surface area (Å²) in [7, 11) is 1.95. The van der Waals surface area contributed by atoms with Gasteiger partial charge in [0, 0.05) is 23.6 Å². The van der Waals surface area contributed by atoms with E-state index in [2.05, 4.69) is 26.1 Å². The second-order valence-corrected chi connectivity index (χ2v) is 5.49. The summed E-state index contributed by atoms with van der Waals surface area (Å²) in [5.74, 6) is -0.368. The minimum Gasteiger partial charge on any atom is -0.367 e. The van der Waals surface area contributed by atoms with E-state index in [1.807, 2.05) is 19.2 Å². The molecule has 1 atom stereocenters. The third kappa shape index (κ3) is 2.67. The number of carbonyl (C=O) groups excluding carboxylic acids is 1. The Bertz CT molecular complexity index is 450. The maximum atomic E-state index is 11.5. The monoisotopic (exact) mass is 311 g/mol. The number of nitrogens with zero attached hydrogens (tertiary/aromatic N) is 1. The molecule has 0 spiro atoms. The van der Waals surface area contributed by atoms with Crippen LogP contribution in [-0.2, 0) is 0 Å². The number of amides is 1. The summed E-state index contributed by atoms with van der Waals surface area (Å²) < 4.78 is 0.970. The number of carbonyl (C=O) groups is 1. The number of nitrogens with two attached hydrogens (primary N) is 1. The molecule has 4 nitrogen and oxygen atoms in total. The molecule has 1 saturated heterocycles. The van der Waals surface area contributed by atoms with Crippen molar-refractivity contribution in [3.63, 3.8) is 0 Å². The molecule has 0 saturated carbocycles.